The van der Waals surface area contributed by atoms with E-state index >= 15 is 0 Å². The highest BCUT2D eigenvalue weighted by Gasteiger charge is 2.44. The quantitative estimate of drug-likeness (QED) is 0.748. The number of ether oxygens (including phenoxy) is 1. The second-order valence-corrected chi connectivity index (χ2v) is 6.88. The number of nitrogens with one attached hydrogen (secondary N) is 1. The van der Waals surface area contributed by atoms with Crippen molar-refractivity contribution in [3.05, 3.63) is 0 Å². The maximum atomic E-state index is 6.10. The molecule has 1 aliphatic carbocycles. The van der Waals surface area contributed by atoms with E-state index < -0.39 is 0 Å². The monoisotopic (exact) mass is 267 g/mol. The summed E-state index contributed by atoms with van der Waals surface area (Å²) >= 11 is 0. The zero-order valence-electron chi connectivity index (χ0n) is 13.2. The van der Waals surface area contributed by atoms with Gasteiger partial charge in [0.05, 0.1) is 5.60 Å². The summed E-state index contributed by atoms with van der Waals surface area (Å²) in [5.74, 6) is 1.64. The minimum absolute atomic E-state index is 0.293. The normalized spacial score (nSPS) is 28.9. The lowest BCUT2D eigenvalue weighted by atomic mass is 9.68. The highest BCUT2D eigenvalue weighted by molar-refractivity contribution is 4.97. The van der Waals surface area contributed by atoms with Gasteiger partial charge in [-0.15, -0.1) is 0 Å². The standard InChI is InChI=1S/C17H33NO/c1-4-7-14(3)16(18-11-5-2)15-8-12-19-17(13-15)9-6-10-17/h14-16,18H,4-13H2,1-3H3. The third kappa shape index (κ3) is 3.72. The molecule has 2 fully saturated rings. The van der Waals surface area contributed by atoms with E-state index in [1.807, 2.05) is 0 Å². The van der Waals surface area contributed by atoms with E-state index in [2.05, 4.69) is 26.1 Å². The first-order chi connectivity index (χ1) is 9.21. The van der Waals surface area contributed by atoms with Gasteiger partial charge in [0, 0.05) is 12.6 Å². The largest absolute Gasteiger partial charge is 0.375 e. The molecular formula is C17H33NO. The van der Waals surface area contributed by atoms with Crippen LogP contribution < -0.4 is 5.32 Å². The maximum absolute atomic E-state index is 6.10. The van der Waals surface area contributed by atoms with Crippen molar-refractivity contribution in [2.75, 3.05) is 13.2 Å². The molecule has 1 heterocycles. The summed E-state index contributed by atoms with van der Waals surface area (Å²) in [6, 6.07) is 0.710. The van der Waals surface area contributed by atoms with E-state index in [9.17, 15) is 0 Å². The van der Waals surface area contributed by atoms with Gasteiger partial charge in [-0.1, -0.05) is 27.2 Å². The summed E-state index contributed by atoms with van der Waals surface area (Å²) in [5.41, 5.74) is 0.293. The number of hydrogen-bond acceptors (Lipinski definition) is 2. The zero-order chi connectivity index (χ0) is 13.7. The Morgan fingerprint density at radius 2 is 2.05 bits per heavy atom. The van der Waals surface area contributed by atoms with Gasteiger partial charge in [0.25, 0.3) is 0 Å². The predicted octanol–water partition coefficient (Wildman–Crippen LogP) is 4.14. The third-order valence-electron chi connectivity index (χ3n) is 5.29. The first kappa shape index (κ1) is 15.3. The summed E-state index contributed by atoms with van der Waals surface area (Å²) in [4.78, 5) is 0. The molecule has 112 valence electrons. The minimum Gasteiger partial charge on any atom is -0.375 e. The molecule has 2 aliphatic rings. The van der Waals surface area contributed by atoms with Crippen LogP contribution in [0.15, 0.2) is 0 Å². The summed E-state index contributed by atoms with van der Waals surface area (Å²) < 4.78 is 6.10. The molecule has 3 atom stereocenters. The van der Waals surface area contributed by atoms with Crippen molar-refractivity contribution >= 4 is 0 Å². The van der Waals surface area contributed by atoms with E-state index in [0.29, 0.717) is 11.6 Å². The second kappa shape index (κ2) is 7.08. The van der Waals surface area contributed by atoms with Gasteiger partial charge in [-0.25, -0.2) is 0 Å². The van der Waals surface area contributed by atoms with Crippen molar-refractivity contribution in [2.45, 2.75) is 83.8 Å². The van der Waals surface area contributed by atoms with Crippen molar-refractivity contribution in [3.8, 4) is 0 Å². The Balaban J connectivity index is 1.95. The predicted molar refractivity (Wildman–Crippen MR) is 81.4 cm³/mol. The van der Waals surface area contributed by atoms with Crippen molar-refractivity contribution in [1.82, 2.24) is 5.32 Å². The lowest BCUT2D eigenvalue weighted by Gasteiger charge is -2.49. The van der Waals surface area contributed by atoms with Crippen LogP contribution in [-0.2, 0) is 4.74 Å². The molecule has 3 unspecified atom stereocenters. The Morgan fingerprint density at radius 3 is 2.63 bits per heavy atom. The van der Waals surface area contributed by atoms with Crippen LogP contribution in [0.5, 0.6) is 0 Å². The first-order valence-electron chi connectivity index (χ1n) is 8.58. The minimum atomic E-state index is 0.293. The number of hydrogen-bond donors (Lipinski definition) is 1. The fourth-order valence-corrected chi connectivity index (χ4v) is 4.07. The van der Waals surface area contributed by atoms with Crippen LogP contribution in [-0.4, -0.2) is 24.8 Å². The van der Waals surface area contributed by atoms with Crippen LogP contribution in [0.25, 0.3) is 0 Å². The van der Waals surface area contributed by atoms with Gasteiger partial charge in [-0.3, -0.25) is 0 Å². The molecule has 2 heteroatoms. The average molecular weight is 267 g/mol. The van der Waals surface area contributed by atoms with Gasteiger partial charge in [-0.2, -0.15) is 0 Å². The van der Waals surface area contributed by atoms with Crippen LogP contribution in [0.3, 0.4) is 0 Å². The Kier molecular flexibility index (Phi) is 5.70. The summed E-state index contributed by atoms with van der Waals surface area (Å²) in [6.07, 6.45) is 10.5. The average Bonchev–Trinajstić information content (AvgIpc) is 2.38. The van der Waals surface area contributed by atoms with Crippen molar-refractivity contribution in [3.63, 3.8) is 0 Å². The molecule has 0 amide bonds. The van der Waals surface area contributed by atoms with E-state index in [1.54, 1.807) is 0 Å². The molecule has 0 radical (unpaired) electrons. The molecule has 1 aliphatic heterocycles. The van der Waals surface area contributed by atoms with Gasteiger partial charge >= 0.3 is 0 Å². The van der Waals surface area contributed by atoms with Crippen molar-refractivity contribution in [2.24, 2.45) is 11.8 Å². The van der Waals surface area contributed by atoms with Gasteiger partial charge in [-0.05, 0) is 63.3 Å². The number of rotatable bonds is 7. The van der Waals surface area contributed by atoms with Gasteiger partial charge < -0.3 is 10.1 Å². The summed E-state index contributed by atoms with van der Waals surface area (Å²) in [7, 11) is 0. The Hall–Kier alpha value is -0.0800. The molecule has 0 aromatic heterocycles. The van der Waals surface area contributed by atoms with Gasteiger partial charge in [0.2, 0.25) is 0 Å². The van der Waals surface area contributed by atoms with E-state index in [4.69, 9.17) is 4.74 Å². The summed E-state index contributed by atoms with van der Waals surface area (Å²) in [5, 5.41) is 3.85. The van der Waals surface area contributed by atoms with Crippen molar-refractivity contribution in [1.29, 1.82) is 0 Å². The zero-order valence-corrected chi connectivity index (χ0v) is 13.2. The fraction of sp³-hybridized carbons (Fsp3) is 1.00. The Morgan fingerprint density at radius 1 is 1.26 bits per heavy atom. The molecule has 2 nitrogen and oxygen atoms in total. The fourth-order valence-electron chi connectivity index (χ4n) is 4.07. The van der Waals surface area contributed by atoms with Gasteiger partial charge in [0.1, 0.15) is 0 Å². The lowest BCUT2D eigenvalue weighted by molar-refractivity contribution is -0.149. The van der Waals surface area contributed by atoms with Crippen LogP contribution >= 0.6 is 0 Å². The van der Waals surface area contributed by atoms with E-state index in [1.165, 1.54) is 57.9 Å². The molecule has 19 heavy (non-hydrogen) atoms. The summed E-state index contributed by atoms with van der Waals surface area (Å²) in [6.45, 7) is 9.19. The highest BCUT2D eigenvalue weighted by Crippen LogP contribution is 2.45. The highest BCUT2D eigenvalue weighted by atomic mass is 16.5. The lowest BCUT2D eigenvalue weighted by Crippen LogP contribution is -2.52. The third-order valence-corrected chi connectivity index (χ3v) is 5.29. The van der Waals surface area contributed by atoms with E-state index in [0.717, 1.165) is 18.4 Å². The Bertz CT molecular complexity index is 262. The van der Waals surface area contributed by atoms with Crippen molar-refractivity contribution < 1.29 is 4.74 Å². The van der Waals surface area contributed by atoms with E-state index in [-0.39, 0.29) is 0 Å². The molecule has 1 spiro atoms. The first-order valence-corrected chi connectivity index (χ1v) is 8.58. The molecule has 0 bridgehead atoms. The smallest absolute Gasteiger partial charge is 0.0685 e. The van der Waals surface area contributed by atoms with Crippen LogP contribution in [0.1, 0.15) is 72.1 Å². The molecule has 1 saturated heterocycles. The van der Waals surface area contributed by atoms with Crippen LogP contribution in [0.4, 0.5) is 0 Å². The topological polar surface area (TPSA) is 21.3 Å². The SMILES string of the molecule is CCCNC(C(C)CCC)C1CCOC2(CCC2)C1. The van der Waals surface area contributed by atoms with Gasteiger partial charge in [0.15, 0.2) is 0 Å². The maximum Gasteiger partial charge on any atom is 0.0685 e. The molecule has 0 aromatic rings. The van der Waals surface area contributed by atoms with Crippen LogP contribution in [0.2, 0.25) is 0 Å². The van der Waals surface area contributed by atoms with Crippen LogP contribution in [0, 0.1) is 11.8 Å². The molecule has 0 aromatic carbocycles. The molecule has 2 rings (SSSR count). The second-order valence-electron chi connectivity index (χ2n) is 6.88. The Labute approximate surface area is 119 Å². The molecule has 1 N–H and O–H groups in total. The molecular weight excluding hydrogens is 234 g/mol. The molecule has 1 saturated carbocycles.